The SMILES string of the molecule is COc1ccc(CN2C3CC2CN(c2cc(F)c(-c4cc(OCCN5C6COCC5C6)cn5ncc(C#N)c45)cc2C)C3)cn1. The summed E-state index contributed by atoms with van der Waals surface area (Å²) in [6.45, 7) is 7.45. The number of anilines is 1. The molecule has 4 bridgehead atoms. The molecule has 11 heteroatoms. The fourth-order valence-corrected chi connectivity index (χ4v) is 7.71. The van der Waals surface area contributed by atoms with Gasteiger partial charge in [-0.05, 0) is 49.1 Å². The molecule has 3 aromatic heterocycles. The first-order chi connectivity index (χ1) is 22.0. The monoisotopic (exact) mass is 609 g/mol. The third-order valence-electron chi connectivity index (χ3n) is 10.1. The molecule has 4 aromatic rings. The zero-order valence-electron chi connectivity index (χ0n) is 25.5. The number of fused-ring (bicyclic) bond motifs is 5. The lowest BCUT2D eigenvalue weighted by molar-refractivity contribution is -0.129. The average Bonchev–Trinajstić information content (AvgIpc) is 3.50. The molecule has 4 unspecified atom stereocenters. The first-order valence-corrected chi connectivity index (χ1v) is 15.7. The number of pyridine rings is 2. The number of ether oxygens (including phenoxy) is 3. The summed E-state index contributed by atoms with van der Waals surface area (Å²) < 4.78 is 34.7. The molecule has 4 atom stereocenters. The van der Waals surface area contributed by atoms with Crippen LogP contribution in [0, 0.1) is 24.1 Å². The van der Waals surface area contributed by atoms with Crippen molar-refractivity contribution in [1.29, 1.82) is 5.26 Å². The van der Waals surface area contributed by atoms with Gasteiger partial charge in [-0.15, -0.1) is 0 Å². The molecule has 5 aliphatic rings. The number of halogens is 1. The second kappa shape index (κ2) is 11.3. The van der Waals surface area contributed by atoms with Crippen LogP contribution in [0.2, 0.25) is 0 Å². The highest BCUT2D eigenvalue weighted by Crippen LogP contribution is 2.40. The third kappa shape index (κ3) is 4.97. The summed E-state index contributed by atoms with van der Waals surface area (Å²) >= 11 is 0. The van der Waals surface area contributed by atoms with Crippen molar-refractivity contribution in [2.24, 2.45) is 0 Å². The van der Waals surface area contributed by atoms with Crippen molar-refractivity contribution in [2.45, 2.75) is 50.5 Å². The van der Waals surface area contributed by atoms with Crippen LogP contribution >= 0.6 is 0 Å². The van der Waals surface area contributed by atoms with E-state index in [-0.39, 0.29) is 5.82 Å². The Morgan fingerprint density at radius 2 is 1.82 bits per heavy atom. The molecule has 8 heterocycles. The largest absolute Gasteiger partial charge is 0.491 e. The highest BCUT2D eigenvalue weighted by Gasteiger charge is 2.45. The van der Waals surface area contributed by atoms with Crippen LogP contribution in [-0.4, -0.2) is 95.1 Å². The number of rotatable bonds is 9. The van der Waals surface area contributed by atoms with Gasteiger partial charge in [0.05, 0.1) is 43.8 Å². The normalized spacial score (nSPS) is 24.2. The van der Waals surface area contributed by atoms with Gasteiger partial charge in [0, 0.05) is 79.4 Å². The number of nitriles is 1. The Kier molecular flexibility index (Phi) is 7.08. The molecule has 0 amide bonds. The molecule has 5 saturated heterocycles. The molecule has 5 aliphatic heterocycles. The van der Waals surface area contributed by atoms with Gasteiger partial charge in [-0.2, -0.15) is 10.4 Å². The summed E-state index contributed by atoms with van der Waals surface area (Å²) in [6.07, 6.45) is 7.51. The number of aromatic nitrogens is 3. The molecule has 10 nitrogen and oxygen atoms in total. The van der Waals surface area contributed by atoms with Crippen LogP contribution in [0.5, 0.6) is 11.6 Å². The van der Waals surface area contributed by atoms with Crippen LogP contribution in [0.25, 0.3) is 16.6 Å². The molecular weight excluding hydrogens is 573 g/mol. The minimum Gasteiger partial charge on any atom is -0.491 e. The fraction of sp³-hybridized carbons (Fsp3) is 0.441. The molecule has 45 heavy (non-hydrogen) atoms. The standard InChI is InChI=1S/C34H36FN7O3/c1-21-7-29(31(35)11-32(21)39-16-24-8-25(17-39)41(24)15-22-3-4-33(43-2)37-13-22)30-10-28(18-42-34(30)23(12-36)14-38-42)45-6-5-40-26-9-27(40)20-44-19-26/h3-4,7,10-11,13-14,18,24-27H,5-6,8-9,15-17,19-20H2,1-2H3. The maximum atomic E-state index is 16.1. The van der Waals surface area contributed by atoms with Crippen LogP contribution in [0.3, 0.4) is 0 Å². The Hall–Kier alpha value is -4.24. The van der Waals surface area contributed by atoms with Gasteiger partial charge in [0.1, 0.15) is 24.2 Å². The average molecular weight is 610 g/mol. The third-order valence-corrected chi connectivity index (χ3v) is 10.1. The summed E-state index contributed by atoms with van der Waals surface area (Å²) in [5, 5.41) is 14.2. The highest BCUT2D eigenvalue weighted by molar-refractivity contribution is 5.86. The maximum absolute atomic E-state index is 16.1. The molecule has 0 aliphatic carbocycles. The van der Waals surface area contributed by atoms with Crippen molar-refractivity contribution < 1.29 is 18.6 Å². The molecule has 0 N–H and O–H groups in total. The topological polar surface area (TPSA) is 91.4 Å². The van der Waals surface area contributed by atoms with Crippen molar-refractivity contribution in [3.05, 3.63) is 71.4 Å². The van der Waals surface area contributed by atoms with Gasteiger partial charge in [0.15, 0.2) is 0 Å². The molecular formula is C34H36FN7O3. The van der Waals surface area contributed by atoms with E-state index in [0.717, 1.165) is 62.6 Å². The lowest BCUT2D eigenvalue weighted by Crippen LogP contribution is -2.68. The number of benzene rings is 1. The lowest BCUT2D eigenvalue weighted by Gasteiger charge is -2.57. The van der Waals surface area contributed by atoms with Crippen molar-refractivity contribution in [3.8, 4) is 28.8 Å². The van der Waals surface area contributed by atoms with Crippen LogP contribution < -0.4 is 14.4 Å². The van der Waals surface area contributed by atoms with Gasteiger partial charge in [-0.1, -0.05) is 6.07 Å². The van der Waals surface area contributed by atoms with Gasteiger partial charge < -0.3 is 19.1 Å². The molecule has 1 aromatic carbocycles. The molecule has 0 radical (unpaired) electrons. The zero-order valence-corrected chi connectivity index (χ0v) is 25.5. The van der Waals surface area contributed by atoms with Crippen molar-refractivity contribution in [1.82, 2.24) is 24.4 Å². The molecule has 0 saturated carbocycles. The van der Waals surface area contributed by atoms with E-state index in [9.17, 15) is 5.26 Å². The van der Waals surface area contributed by atoms with Crippen LogP contribution in [0.15, 0.2) is 48.9 Å². The zero-order chi connectivity index (χ0) is 30.7. The Bertz CT molecular complexity index is 1760. The van der Waals surface area contributed by atoms with E-state index in [2.05, 4.69) is 36.9 Å². The number of methoxy groups -OCH3 is 1. The molecule has 9 rings (SSSR count). The number of aryl methyl sites for hydroxylation is 1. The van der Waals surface area contributed by atoms with Gasteiger partial charge in [-0.3, -0.25) is 9.80 Å². The number of hydrogen-bond acceptors (Lipinski definition) is 9. The lowest BCUT2D eigenvalue weighted by atomic mass is 9.86. The van der Waals surface area contributed by atoms with Crippen molar-refractivity contribution >= 4 is 11.2 Å². The summed E-state index contributed by atoms with van der Waals surface area (Å²) in [5.74, 6) is 0.886. The fourth-order valence-electron chi connectivity index (χ4n) is 7.71. The maximum Gasteiger partial charge on any atom is 0.212 e. The van der Waals surface area contributed by atoms with Crippen LogP contribution in [0.1, 0.15) is 29.5 Å². The van der Waals surface area contributed by atoms with Gasteiger partial charge in [0.2, 0.25) is 5.88 Å². The van der Waals surface area contributed by atoms with Crippen molar-refractivity contribution in [3.63, 3.8) is 0 Å². The first kappa shape index (κ1) is 28.2. The number of morpholine rings is 1. The van der Waals surface area contributed by atoms with Crippen LogP contribution in [-0.2, 0) is 11.3 Å². The number of hydrogen-bond donors (Lipinski definition) is 0. The van der Waals surface area contributed by atoms with Gasteiger partial charge in [0.25, 0.3) is 0 Å². The summed E-state index contributed by atoms with van der Waals surface area (Å²) in [5.41, 5.74) is 5.09. The van der Waals surface area contributed by atoms with E-state index in [0.29, 0.717) is 64.6 Å². The Balaban J connectivity index is 1.01. The second-order valence-corrected chi connectivity index (χ2v) is 12.7. The number of piperidine rings is 1. The summed E-state index contributed by atoms with van der Waals surface area (Å²) in [4.78, 5) is 11.6. The van der Waals surface area contributed by atoms with E-state index >= 15 is 4.39 Å². The molecule has 0 spiro atoms. The van der Waals surface area contributed by atoms with Gasteiger partial charge >= 0.3 is 0 Å². The number of piperazine rings is 1. The second-order valence-electron chi connectivity index (χ2n) is 12.7. The van der Waals surface area contributed by atoms with E-state index in [4.69, 9.17) is 14.2 Å². The minimum atomic E-state index is -0.325. The predicted molar refractivity (Wildman–Crippen MR) is 166 cm³/mol. The quantitative estimate of drug-likeness (QED) is 0.279. The Labute approximate surface area is 261 Å². The first-order valence-electron chi connectivity index (χ1n) is 15.7. The van der Waals surface area contributed by atoms with E-state index in [1.165, 1.54) is 12.6 Å². The Morgan fingerprint density at radius 3 is 2.53 bits per heavy atom. The predicted octanol–water partition coefficient (Wildman–Crippen LogP) is 4.04. The Morgan fingerprint density at radius 1 is 1.02 bits per heavy atom. The summed E-state index contributed by atoms with van der Waals surface area (Å²) in [6, 6.07) is 13.4. The smallest absolute Gasteiger partial charge is 0.212 e. The number of nitrogens with zero attached hydrogens (tertiary/aromatic N) is 7. The highest BCUT2D eigenvalue weighted by atomic mass is 19.1. The molecule has 5 fully saturated rings. The van der Waals surface area contributed by atoms with Crippen LogP contribution in [0.4, 0.5) is 10.1 Å². The van der Waals surface area contributed by atoms with E-state index in [1.54, 1.807) is 23.9 Å². The molecule has 232 valence electrons. The van der Waals surface area contributed by atoms with E-state index < -0.39 is 0 Å². The van der Waals surface area contributed by atoms with E-state index in [1.807, 2.05) is 31.3 Å². The summed E-state index contributed by atoms with van der Waals surface area (Å²) in [7, 11) is 1.62. The van der Waals surface area contributed by atoms with Crippen molar-refractivity contribution in [2.75, 3.05) is 51.5 Å². The minimum absolute atomic E-state index is 0.325. The van der Waals surface area contributed by atoms with Gasteiger partial charge in [-0.25, -0.2) is 13.9 Å².